The van der Waals surface area contributed by atoms with Crippen molar-refractivity contribution in [2.45, 2.75) is 13.3 Å². The first-order chi connectivity index (χ1) is 8.86. The summed E-state index contributed by atoms with van der Waals surface area (Å²) in [5.74, 6) is 0. The zero-order valence-electron chi connectivity index (χ0n) is 11.0. The van der Waals surface area contributed by atoms with E-state index >= 15 is 0 Å². The van der Waals surface area contributed by atoms with Crippen LogP contribution in [0.15, 0.2) is 54.6 Å². The Morgan fingerprint density at radius 1 is 0.944 bits per heavy atom. The summed E-state index contributed by atoms with van der Waals surface area (Å²) in [6.45, 7) is 2.15. The van der Waals surface area contributed by atoms with E-state index < -0.39 is 0 Å². The molecule has 0 saturated carbocycles. The molecular formula is C17H19N. The molecule has 0 aliphatic heterocycles. The van der Waals surface area contributed by atoms with Crippen LogP contribution in [-0.4, -0.2) is 7.05 Å². The molecule has 1 N–H and O–H groups in total. The van der Waals surface area contributed by atoms with Gasteiger partial charge in [0, 0.05) is 18.3 Å². The lowest BCUT2D eigenvalue weighted by molar-refractivity contribution is 1.23. The summed E-state index contributed by atoms with van der Waals surface area (Å²) >= 11 is 0. The molecule has 0 aromatic heterocycles. The third-order valence-corrected chi connectivity index (χ3v) is 2.98. The number of benzene rings is 2. The zero-order chi connectivity index (χ0) is 12.8. The van der Waals surface area contributed by atoms with Crippen LogP contribution in [-0.2, 0) is 0 Å². The average Bonchev–Trinajstić information content (AvgIpc) is 2.45. The second kappa shape index (κ2) is 6.06. The first kappa shape index (κ1) is 12.4. The maximum absolute atomic E-state index is 3.25. The predicted molar refractivity (Wildman–Crippen MR) is 80.7 cm³/mol. The molecule has 18 heavy (non-hydrogen) atoms. The van der Waals surface area contributed by atoms with E-state index in [1.807, 2.05) is 7.05 Å². The van der Waals surface area contributed by atoms with E-state index in [9.17, 15) is 0 Å². The minimum absolute atomic E-state index is 1.06. The van der Waals surface area contributed by atoms with Crippen LogP contribution in [0.3, 0.4) is 0 Å². The Morgan fingerprint density at radius 3 is 2.33 bits per heavy atom. The molecule has 2 rings (SSSR count). The third kappa shape index (κ3) is 2.62. The summed E-state index contributed by atoms with van der Waals surface area (Å²) in [7, 11) is 1.96. The van der Waals surface area contributed by atoms with Crippen LogP contribution < -0.4 is 5.32 Å². The van der Waals surface area contributed by atoms with E-state index in [4.69, 9.17) is 0 Å². The van der Waals surface area contributed by atoms with E-state index in [2.05, 4.69) is 72.9 Å². The predicted octanol–water partition coefficient (Wildman–Crippen LogP) is 4.82. The monoisotopic (exact) mass is 237 g/mol. The van der Waals surface area contributed by atoms with E-state index in [1.54, 1.807) is 0 Å². The van der Waals surface area contributed by atoms with Gasteiger partial charge in [-0.3, -0.25) is 0 Å². The normalized spacial score (nSPS) is 10.8. The van der Waals surface area contributed by atoms with Gasteiger partial charge < -0.3 is 5.32 Å². The summed E-state index contributed by atoms with van der Waals surface area (Å²) in [6, 6.07) is 16.9. The molecule has 0 aliphatic rings. The lowest BCUT2D eigenvalue weighted by Crippen LogP contribution is -1.92. The van der Waals surface area contributed by atoms with Gasteiger partial charge in [-0.25, -0.2) is 0 Å². The number of anilines is 1. The summed E-state index contributed by atoms with van der Waals surface area (Å²) < 4.78 is 0. The van der Waals surface area contributed by atoms with Crippen molar-refractivity contribution in [3.63, 3.8) is 0 Å². The van der Waals surface area contributed by atoms with E-state index in [0.29, 0.717) is 0 Å². The first-order valence-corrected chi connectivity index (χ1v) is 6.39. The van der Waals surface area contributed by atoms with Crippen molar-refractivity contribution in [1.29, 1.82) is 0 Å². The van der Waals surface area contributed by atoms with Gasteiger partial charge in [0.05, 0.1) is 0 Å². The number of para-hydroxylation sites is 1. The molecule has 0 amide bonds. The Labute approximate surface area is 109 Å². The van der Waals surface area contributed by atoms with Gasteiger partial charge in [-0.15, -0.1) is 0 Å². The molecular weight excluding hydrogens is 218 g/mol. The fraction of sp³-hybridized carbons (Fsp3) is 0.176. The number of hydrogen-bond donors (Lipinski definition) is 1. The Morgan fingerprint density at radius 2 is 1.61 bits per heavy atom. The highest BCUT2D eigenvalue weighted by Gasteiger charge is 2.05. The van der Waals surface area contributed by atoms with E-state index in [1.165, 1.54) is 16.7 Å². The molecule has 0 fully saturated rings. The Hall–Kier alpha value is -2.02. The lowest BCUT2D eigenvalue weighted by Gasteiger charge is -2.11. The van der Waals surface area contributed by atoms with Crippen molar-refractivity contribution >= 4 is 11.8 Å². The van der Waals surface area contributed by atoms with Gasteiger partial charge >= 0.3 is 0 Å². The Bertz CT molecular complexity index is 541. The minimum Gasteiger partial charge on any atom is -0.388 e. The van der Waals surface area contributed by atoms with Crippen molar-refractivity contribution in [2.75, 3.05) is 12.4 Å². The fourth-order valence-electron chi connectivity index (χ4n) is 2.07. The topological polar surface area (TPSA) is 12.0 Å². The van der Waals surface area contributed by atoms with Gasteiger partial charge in [0.25, 0.3) is 0 Å². The molecule has 92 valence electrons. The largest absolute Gasteiger partial charge is 0.388 e. The van der Waals surface area contributed by atoms with Crippen molar-refractivity contribution in [2.24, 2.45) is 0 Å². The molecule has 2 aromatic rings. The molecule has 2 aromatic carbocycles. The number of allylic oxidation sites excluding steroid dienone is 1. The summed E-state index contributed by atoms with van der Waals surface area (Å²) in [5.41, 5.74) is 4.94. The molecule has 0 spiro atoms. The van der Waals surface area contributed by atoms with Crippen LogP contribution >= 0.6 is 0 Å². The smallest absolute Gasteiger partial charge is 0.0417 e. The molecule has 0 radical (unpaired) electrons. The van der Waals surface area contributed by atoms with Gasteiger partial charge in [0.15, 0.2) is 0 Å². The van der Waals surface area contributed by atoms with E-state index in [0.717, 1.165) is 12.1 Å². The minimum atomic E-state index is 1.06. The van der Waals surface area contributed by atoms with Crippen LogP contribution in [0.5, 0.6) is 0 Å². The van der Waals surface area contributed by atoms with Crippen molar-refractivity contribution in [3.05, 3.63) is 60.2 Å². The van der Waals surface area contributed by atoms with Gasteiger partial charge in [0.1, 0.15) is 0 Å². The molecule has 0 aliphatic carbocycles. The SMILES string of the molecule is CC/C=C\c1ccccc1-c1ccccc1NC. The van der Waals surface area contributed by atoms with E-state index in [-0.39, 0.29) is 0 Å². The maximum atomic E-state index is 3.25. The van der Waals surface area contributed by atoms with Crippen LogP contribution in [0.2, 0.25) is 0 Å². The molecule has 0 heterocycles. The molecule has 0 saturated heterocycles. The van der Waals surface area contributed by atoms with Crippen LogP contribution in [0.4, 0.5) is 5.69 Å². The highest BCUT2D eigenvalue weighted by Crippen LogP contribution is 2.30. The Kier molecular flexibility index (Phi) is 4.19. The molecule has 1 heteroatoms. The Balaban J connectivity index is 2.53. The van der Waals surface area contributed by atoms with Crippen LogP contribution in [0.25, 0.3) is 17.2 Å². The zero-order valence-corrected chi connectivity index (χ0v) is 11.0. The molecule has 0 bridgehead atoms. The highest BCUT2D eigenvalue weighted by molar-refractivity contribution is 5.83. The summed E-state index contributed by atoms with van der Waals surface area (Å²) in [6.07, 6.45) is 5.45. The van der Waals surface area contributed by atoms with Gasteiger partial charge in [0.2, 0.25) is 0 Å². The quantitative estimate of drug-likeness (QED) is 0.804. The van der Waals surface area contributed by atoms with Crippen LogP contribution in [0.1, 0.15) is 18.9 Å². The van der Waals surface area contributed by atoms with Gasteiger partial charge in [-0.2, -0.15) is 0 Å². The second-order valence-corrected chi connectivity index (χ2v) is 4.19. The van der Waals surface area contributed by atoms with Gasteiger partial charge in [-0.05, 0) is 23.6 Å². The molecule has 1 nitrogen and oxygen atoms in total. The molecule has 0 atom stereocenters. The van der Waals surface area contributed by atoms with Crippen molar-refractivity contribution in [3.8, 4) is 11.1 Å². The first-order valence-electron chi connectivity index (χ1n) is 6.39. The maximum Gasteiger partial charge on any atom is 0.0417 e. The highest BCUT2D eigenvalue weighted by atomic mass is 14.8. The number of rotatable bonds is 4. The fourth-order valence-corrected chi connectivity index (χ4v) is 2.07. The van der Waals surface area contributed by atoms with Crippen molar-refractivity contribution in [1.82, 2.24) is 0 Å². The summed E-state index contributed by atoms with van der Waals surface area (Å²) in [4.78, 5) is 0. The second-order valence-electron chi connectivity index (χ2n) is 4.19. The summed E-state index contributed by atoms with van der Waals surface area (Å²) in [5, 5.41) is 3.25. The molecule has 0 unspecified atom stereocenters. The van der Waals surface area contributed by atoms with Gasteiger partial charge in [-0.1, -0.05) is 61.5 Å². The third-order valence-electron chi connectivity index (χ3n) is 2.98. The van der Waals surface area contributed by atoms with Crippen molar-refractivity contribution < 1.29 is 0 Å². The number of nitrogens with one attached hydrogen (secondary N) is 1. The van der Waals surface area contributed by atoms with Crippen LogP contribution in [0, 0.1) is 0 Å². The lowest BCUT2D eigenvalue weighted by atomic mass is 9.98. The standard InChI is InChI=1S/C17H19N/c1-3-4-9-14-10-5-6-11-15(14)16-12-7-8-13-17(16)18-2/h4-13,18H,3H2,1-2H3/b9-4-. The number of hydrogen-bond acceptors (Lipinski definition) is 1. The average molecular weight is 237 g/mol.